The van der Waals surface area contributed by atoms with Crippen molar-refractivity contribution in [3.8, 4) is 0 Å². The number of ether oxygens (including phenoxy) is 2. The van der Waals surface area contributed by atoms with Gasteiger partial charge in [0.1, 0.15) is 0 Å². The van der Waals surface area contributed by atoms with Gasteiger partial charge in [0, 0.05) is 18.8 Å². The summed E-state index contributed by atoms with van der Waals surface area (Å²) < 4.78 is 11.0. The monoisotopic (exact) mass is 310 g/mol. The van der Waals surface area contributed by atoms with Gasteiger partial charge in [-0.25, -0.2) is 9.59 Å². The first-order chi connectivity index (χ1) is 10.3. The van der Waals surface area contributed by atoms with E-state index < -0.39 is 18.0 Å². The molecule has 2 unspecified atom stereocenters. The minimum absolute atomic E-state index is 0.238. The fraction of sp³-hybridized carbons (Fsp3) is 0.500. The number of carboxylic acids is 2. The standard InChI is InChI=1S/C16H22O6/c1-5-21-9(3)11-7-8-12(15(17)18)14(16(19)20)13(11)10(4)22-6-2/h7-10H,5-6H2,1-4H3,(H,17,18)(H,19,20). The third kappa shape index (κ3) is 3.84. The lowest BCUT2D eigenvalue weighted by atomic mass is 9.90. The van der Waals surface area contributed by atoms with Gasteiger partial charge >= 0.3 is 11.9 Å². The van der Waals surface area contributed by atoms with E-state index in [-0.39, 0.29) is 17.2 Å². The molecule has 6 heteroatoms. The van der Waals surface area contributed by atoms with Gasteiger partial charge in [-0.05, 0) is 39.3 Å². The maximum atomic E-state index is 11.6. The van der Waals surface area contributed by atoms with E-state index in [1.165, 1.54) is 6.07 Å². The Morgan fingerprint density at radius 1 is 1.00 bits per heavy atom. The molecule has 6 nitrogen and oxygen atoms in total. The van der Waals surface area contributed by atoms with Gasteiger partial charge < -0.3 is 19.7 Å². The van der Waals surface area contributed by atoms with E-state index >= 15 is 0 Å². The minimum Gasteiger partial charge on any atom is -0.478 e. The van der Waals surface area contributed by atoms with Crippen molar-refractivity contribution < 1.29 is 29.3 Å². The molecule has 0 fully saturated rings. The summed E-state index contributed by atoms with van der Waals surface area (Å²) >= 11 is 0. The topological polar surface area (TPSA) is 93.1 Å². The molecule has 0 aliphatic carbocycles. The van der Waals surface area contributed by atoms with E-state index in [1.54, 1.807) is 26.8 Å². The average Bonchev–Trinajstić information content (AvgIpc) is 2.45. The van der Waals surface area contributed by atoms with E-state index in [0.717, 1.165) is 0 Å². The molecule has 22 heavy (non-hydrogen) atoms. The highest BCUT2D eigenvalue weighted by molar-refractivity contribution is 6.03. The number of benzene rings is 1. The molecule has 0 radical (unpaired) electrons. The molecule has 0 heterocycles. The summed E-state index contributed by atoms with van der Waals surface area (Å²) in [5.41, 5.74) is 0.499. The highest BCUT2D eigenvalue weighted by atomic mass is 16.5. The van der Waals surface area contributed by atoms with Crippen LogP contribution in [0.15, 0.2) is 12.1 Å². The van der Waals surface area contributed by atoms with Crippen molar-refractivity contribution in [3.05, 3.63) is 34.4 Å². The Labute approximate surface area is 129 Å². The molecule has 0 aromatic heterocycles. The van der Waals surface area contributed by atoms with Crippen LogP contribution in [0.3, 0.4) is 0 Å². The first kappa shape index (κ1) is 18.1. The number of carbonyl (C=O) groups is 2. The van der Waals surface area contributed by atoms with Crippen molar-refractivity contribution in [2.24, 2.45) is 0 Å². The second-order valence-electron chi connectivity index (χ2n) is 4.80. The second kappa shape index (κ2) is 7.91. The van der Waals surface area contributed by atoms with Crippen LogP contribution in [-0.4, -0.2) is 35.4 Å². The molecule has 0 aliphatic rings. The number of rotatable bonds is 8. The van der Waals surface area contributed by atoms with Gasteiger partial charge in [0.15, 0.2) is 0 Å². The van der Waals surface area contributed by atoms with Gasteiger partial charge in [-0.1, -0.05) is 6.07 Å². The fourth-order valence-corrected chi connectivity index (χ4v) is 2.51. The fourth-order valence-electron chi connectivity index (χ4n) is 2.51. The molecule has 1 aromatic rings. The molecule has 0 saturated carbocycles. The third-order valence-corrected chi connectivity index (χ3v) is 3.40. The van der Waals surface area contributed by atoms with Gasteiger partial charge in [0.2, 0.25) is 0 Å². The Morgan fingerprint density at radius 3 is 2.00 bits per heavy atom. The average molecular weight is 310 g/mol. The van der Waals surface area contributed by atoms with E-state index in [2.05, 4.69) is 0 Å². The summed E-state index contributed by atoms with van der Waals surface area (Å²) in [7, 11) is 0. The first-order valence-corrected chi connectivity index (χ1v) is 7.21. The summed E-state index contributed by atoms with van der Waals surface area (Å²) in [5, 5.41) is 18.7. The SMILES string of the molecule is CCOC(C)c1ccc(C(=O)O)c(C(=O)O)c1C(C)OCC. The zero-order chi connectivity index (χ0) is 16.9. The Kier molecular flexibility index (Phi) is 6.52. The van der Waals surface area contributed by atoms with E-state index in [9.17, 15) is 19.8 Å². The summed E-state index contributed by atoms with van der Waals surface area (Å²) in [6, 6.07) is 2.90. The van der Waals surface area contributed by atoms with E-state index in [0.29, 0.717) is 24.3 Å². The molecule has 2 N–H and O–H groups in total. The van der Waals surface area contributed by atoms with Gasteiger partial charge in [-0.15, -0.1) is 0 Å². The molecule has 122 valence electrons. The lowest BCUT2D eigenvalue weighted by molar-refractivity contribution is 0.0548. The molecule has 0 aliphatic heterocycles. The van der Waals surface area contributed by atoms with Crippen molar-refractivity contribution >= 4 is 11.9 Å². The molecule has 1 rings (SSSR count). The van der Waals surface area contributed by atoms with Crippen LogP contribution < -0.4 is 0 Å². The van der Waals surface area contributed by atoms with Crippen LogP contribution in [0.2, 0.25) is 0 Å². The maximum absolute atomic E-state index is 11.6. The largest absolute Gasteiger partial charge is 0.478 e. The first-order valence-electron chi connectivity index (χ1n) is 7.21. The predicted molar refractivity (Wildman–Crippen MR) is 80.4 cm³/mol. The lowest BCUT2D eigenvalue weighted by Crippen LogP contribution is -2.18. The quantitative estimate of drug-likeness (QED) is 0.765. The predicted octanol–water partition coefficient (Wildman–Crippen LogP) is 3.28. The molecule has 0 spiro atoms. The van der Waals surface area contributed by atoms with Crippen LogP contribution in [0.25, 0.3) is 0 Å². The minimum atomic E-state index is -1.29. The highest BCUT2D eigenvalue weighted by Gasteiger charge is 2.28. The van der Waals surface area contributed by atoms with E-state index in [4.69, 9.17) is 9.47 Å². The van der Waals surface area contributed by atoms with Crippen LogP contribution in [0.4, 0.5) is 0 Å². The molecular formula is C16H22O6. The van der Waals surface area contributed by atoms with Crippen LogP contribution in [0.1, 0.15) is 71.7 Å². The lowest BCUT2D eigenvalue weighted by Gasteiger charge is -2.23. The normalized spacial score (nSPS) is 13.6. The number of hydrogen-bond donors (Lipinski definition) is 2. The third-order valence-electron chi connectivity index (χ3n) is 3.40. The van der Waals surface area contributed by atoms with Crippen molar-refractivity contribution in [2.75, 3.05) is 13.2 Å². The molecule has 0 bridgehead atoms. The van der Waals surface area contributed by atoms with Crippen LogP contribution >= 0.6 is 0 Å². The number of aromatic carboxylic acids is 2. The summed E-state index contributed by atoms with van der Waals surface area (Å²) in [5.74, 6) is -2.57. The van der Waals surface area contributed by atoms with Crippen LogP contribution in [0, 0.1) is 0 Å². The van der Waals surface area contributed by atoms with Crippen molar-refractivity contribution in [1.82, 2.24) is 0 Å². The summed E-state index contributed by atoms with van der Waals surface area (Å²) in [6.07, 6.45) is -0.905. The van der Waals surface area contributed by atoms with Gasteiger partial charge in [-0.3, -0.25) is 0 Å². The Morgan fingerprint density at radius 2 is 1.55 bits per heavy atom. The van der Waals surface area contributed by atoms with Crippen molar-refractivity contribution in [2.45, 2.75) is 39.9 Å². The smallest absolute Gasteiger partial charge is 0.336 e. The van der Waals surface area contributed by atoms with Crippen molar-refractivity contribution in [1.29, 1.82) is 0 Å². The zero-order valence-corrected chi connectivity index (χ0v) is 13.3. The summed E-state index contributed by atoms with van der Waals surface area (Å²) in [4.78, 5) is 23.0. The molecule has 0 saturated heterocycles. The molecule has 2 atom stereocenters. The molecule has 1 aromatic carbocycles. The van der Waals surface area contributed by atoms with Gasteiger partial charge in [-0.2, -0.15) is 0 Å². The van der Waals surface area contributed by atoms with E-state index in [1.807, 2.05) is 6.92 Å². The van der Waals surface area contributed by atoms with Gasteiger partial charge in [0.05, 0.1) is 23.3 Å². The Bertz CT molecular complexity index is 552. The zero-order valence-electron chi connectivity index (χ0n) is 13.3. The van der Waals surface area contributed by atoms with Crippen molar-refractivity contribution in [3.63, 3.8) is 0 Å². The molecular weight excluding hydrogens is 288 g/mol. The van der Waals surface area contributed by atoms with Gasteiger partial charge in [0.25, 0.3) is 0 Å². The number of hydrogen-bond acceptors (Lipinski definition) is 4. The van der Waals surface area contributed by atoms with Crippen LogP contribution in [-0.2, 0) is 9.47 Å². The number of carboxylic acid groups (broad SMARTS) is 2. The summed E-state index contributed by atoms with van der Waals surface area (Å²) in [6.45, 7) is 7.99. The highest BCUT2D eigenvalue weighted by Crippen LogP contribution is 2.33. The second-order valence-corrected chi connectivity index (χ2v) is 4.80. The Balaban J connectivity index is 3.61. The molecule has 0 amide bonds. The van der Waals surface area contributed by atoms with Crippen LogP contribution in [0.5, 0.6) is 0 Å². The maximum Gasteiger partial charge on any atom is 0.336 e. The Hall–Kier alpha value is -1.92.